The van der Waals surface area contributed by atoms with Crippen LogP contribution in [-0.4, -0.2) is 20.9 Å². The SMILES string of the molecule is O=C1CCCCN1c1cccc(NS(=O)(=O)c2ccc3c(c2)CCCC3)c1. The van der Waals surface area contributed by atoms with Crippen LogP contribution in [0.2, 0.25) is 0 Å². The molecule has 0 atom stereocenters. The number of amides is 1. The first-order chi connectivity index (χ1) is 13.0. The third-order valence-corrected chi connectivity index (χ3v) is 6.74. The second-order valence-electron chi connectivity index (χ2n) is 7.30. The summed E-state index contributed by atoms with van der Waals surface area (Å²) in [6.07, 6.45) is 6.66. The van der Waals surface area contributed by atoms with Crippen molar-refractivity contribution < 1.29 is 13.2 Å². The molecule has 6 heteroatoms. The van der Waals surface area contributed by atoms with Gasteiger partial charge in [-0.1, -0.05) is 12.1 Å². The second kappa shape index (κ2) is 7.35. The average Bonchev–Trinajstić information content (AvgIpc) is 2.68. The zero-order valence-electron chi connectivity index (χ0n) is 15.3. The summed E-state index contributed by atoms with van der Waals surface area (Å²) in [7, 11) is -3.66. The second-order valence-corrected chi connectivity index (χ2v) is 8.98. The van der Waals surface area contributed by atoms with Crippen LogP contribution in [0.5, 0.6) is 0 Å². The maximum Gasteiger partial charge on any atom is 0.261 e. The van der Waals surface area contributed by atoms with Gasteiger partial charge < -0.3 is 4.90 Å². The summed E-state index contributed by atoms with van der Waals surface area (Å²) < 4.78 is 28.4. The van der Waals surface area contributed by atoms with Crippen molar-refractivity contribution in [1.82, 2.24) is 0 Å². The Labute approximate surface area is 160 Å². The summed E-state index contributed by atoms with van der Waals surface area (Å²) in [6.45, 7) is 0.680. The van der Waals surface area contributed by atoms with E-state index in [2.05, 4.69) is 4.72 Å². The van der Waals surface area contributed by atoms with E-state index >= 15 is 0 Å². The molecule has 0 saturated carbocycles. The molecule has 0 radical (unpaired) electrons. The van der Waals surface area contributed by atoms with Crippen molar-refractivity contribution in [3.05, 3.63) is 53.6 Å². The fourth-order valence-corrected chi connectivity index (χ4v) is 5.01. The maximum absolute atomic E-state index is 12.8. The first kappa shape index (κ1) is 18.0. The minimum Gasteiger partial charge on any atom is -0.312 e. The number of piperidine rings is 1. The predicted octanol–water partition coefficient (Wildman–Crippen LogP) is 3.88. The van der Waals surface area contributed by atoms with Gasteiger partial charge in [0, 0.05) is 18.7 Å². The number of sulfonamides is 1. The Morgan fingerprint density at radius 3 is 2.44 bits per heavy atom. The number of nitrogens with one attached hydrogen (secondary N) is 1. The van der Waals surface area contributed by atoms with Gasteiger partial charge in [-0.15, -0.1) is 0 Å². The van der Waals surface area contributed by atoms with Crippen molar-refractivity contribution >= 4 is 27.3 Å². The lowest BCUT2D eigenvalue weighted by Crippen LogP contribution is -2.35. The molecule has 5 nitrogen and oxygen atoms in total. The Hall–Kier alpha value is -2.34. The van der Waals surface area contributed by atoms with E-state index in [-0.39, 0.29) is 5.91 Å². The van der Waals surface area contributed by atoms with Crippen molar-refractivity contribution in [1.29, 1.82) is 0 Å². The van der Waals surface area contributed by atoms with E-state index in [1.165, 1.54) is 12.0 Å². The minimum absolute atomic E-state index is 0.0935. The lowest BCUT2D eigenvalue weighted by atomic mass is 9.92. The van der Waals surface area contributed by atoms with Crippen molar-refractivity contribution in [2.24, 2.45) is 0 Å². The number of nitrogens with zero attached hydrogens (tertiary/aromatic N) is 1. The van der Waals surface area contributed by atoms with Crippen molar-refractivity contribution in [3.63, 3.8) is 0 Å². The standard InChI is InChI=1S/C21H24N2O3S/c24-21-10-3-4-13-23(21)19-9-5-8-18(15-19)22-27(25,26)20-12-11-16-6-1-2-7-17(16)14-20/h5,8-9,11-12,14-15,22H,1-4,6-7,10,13H2. The van der Waals surface area contributed by atoms with Gasteiger partial charge in [0.25, 0.3) is 10.0 Å². The van der Waals surface area contributed by atoms with Gasteiger partial charge >= 0.3 is 0 Å². The summed E-state index contributed by atoms with van der Waals surface area (Å²) in [5, 5.41) is 0. The van der Waals surface area contributed by atoms with Gasteiger partial charge in [0.05, 0.1) is 10.6 Å². The monoisotopic (exact) mass is 384 g/mol. The van der Waals surface area contributed by atoms with Crippen LogP contribution in [0.1, 0.15) is 43.2 Å². The van der Waals surface area contributed by atoms with Crippen LogP contribution < -0.4 is 9.62 Å². The number of anilines is 2. The van der Waals surface area contributed by atoms with E-state index in [0.29, 0.717) is 23.5 Å². The Kier molecular flexibility index (Phi) is 4.91. The highest BCUT2D eigenvalue weighted by atomic mass is 32.2. The largest absolute Gasteiger partial charge is 0.312 e. The molecule has 0 bridgehead atoms. The third-order valence-electron chi connectivity index (χ3n) is 5.36. The molecule has 1 aliphatic heterocycles. The molecule has 27 heavy (non-hydrogen) atoms. The lowest BCUT2D eigenvalue weighted by Gasteiger charge is -2.27. The van der Waals surface area contributed by atoms with Crippen LogP contribution in [0.25, 0.3) is 0 Å². The molecule has 2 aromatic rings. The molecule has 2 aliphatic rings. The number of carbonyl (C=O) groups excluding carboxylic acids is 1. The summed E-state index contributed by atoms with van der Waals surface area (Å²) in [5.41, 5.74) is 3.61. The maximum atomic E-state index is 12.8. The molecule has 4 rings (SSSR count). The van der Waals surface area contributed by atoms with E-state index in [4.69, 9.17) is 0 Å². The van der Waals surface area contributed by atoms with Crippen LogP contribution in [0.15, 0.2) is 47.4 Å². The van der Waals surface area contributed by atoms with Gasteiger partial charge in [-0.2, -0.15) is 0 Å². The van der Waals surface area contributed by atoms with E-state index < -0.39 is 10.0 Å². The van der Waals surface area contributed by atoms with Gasteiger partial charge in [0.2, 0.25) is 5.91 Å². The Balaban J connectivity index is 1.58. The highest BCUT2D eigenvalue weighted by Crippen LogP contribution is 2.27. The minimum atomic E-state index is -3.66. The molecule has 0 spiro atoms. The quantitative estimate of drug-likeness (QED) is 0.870. The molecule has 1 fully saturated rings. The molecule has 142 valence electrons. The molecule has 0 aromatic heterocycles. The molecular weight excluding hydrogens is 360 g/mol. The Morgan fingerprint density at radius 1 is 0.852 bits per heavy atom. The molecule has 1 aliphatic carbocycles. The van der Waals surface area contributed by atoms with Crippen molar-refractivity contribution in [2.75, 3.05) is 16.2 Å². The number of rotatable bonds is 4. The first-order valence-electron chi connectivity index (χ1n) is 9.58. The van der Waals surface area contributed by atoms with Gasteiger partial charge in [-0.3, -0.25) is 9.52 Å². The van der Waals surface area contributed by atoms with Crippen LogP contribution in [-0.2, 0) is 27.7 Å². The van der Waals surface area contributed by atoms with Crippen LogP contribution in [0.4, 0.5) is 11.4 Å². The number of hydrogen-bond donors (Lipinski definition) is 1. The third kappa shape index (κ3) is 3.86. The number of benzene rings is 2. The molecular formula is C21H24N2O3S. The molecule has 0 unspecified atom stereocenters. The lowest BCUT2D eigenvalue weighted by molar-refractivity contribution is -0.119. The highest BCUT2D eigenvalue weighted by molar-refractivity contribution is 7.92. The molecule has 1 heterocycles. The predicted molar refractivity (Wildman–Crippen MR) is 107 cm³/mol. The summed E-state index contributed by atoms with van der Waals surface area (Å²) >= 11 is 0. The van der Waals surface area contributed by atoms with Crippen LogP contribution in [0.3, 0.4) is 0 Å². The fourth-order valence-electron chi connectivity index (χ4n) is 3.91. The van der Waals surface area contributed by atoms with Gasteiger partial charge in [-0.05, 0) is 80.0 Å². The Morgan fingerprint density at radius 2 is 1.63 bits per heavy atom. The summed E-state index contributed by atoms with van der Waals surface area (Å²) in [6, 6.07) is 12.5. The normalized spacial score (nSPS) is 17.5. The fraction of sp³-hybridized carbons (Fsp3) is 0.381. The number of carbonyl (C=O) groups is 1. The molecule has 1 saturated heterocycles. The molecule has 1 amide bonds. The van der Waals surface area contributed by atoms with Crippen LogP contribution >= 0.6 is 0 Å². The highest BCUT2D eigenvalue weighted by Gasteiger charge is 2.21. The zero-order chi connectivity index (χ0) is 18.9. The van der Waals surface area contributed by atoms with Gasteiger partial charge in [0.1, 0.15) is 0 Å². The van der Waals surface area contributed by atoms with Gasteiger partial charge in [-0.25, -0.2) is 8.42 Å². The van der Waals surface area contributed by atoms with E-state index in [1.807, 2.05) is 12.1 Å². The van der Waals surface area contributed by atoms with Crippen molar-refractivity contribution in [3.8, 4) is 0 Å². The smallest absolute Gasteiger partial charge is 0.261 e. The number of hydrogen-bond acceptors (Lipinski definition) is 3. The van der Waals surface area contributed by atoms with Crippen molar-refractivity contribution in [2.45, 2.75) is 49.8 Å². The first-order valence-corrected chi connectivity index (χ1v) is 11.1. The number of aryl methyl sites for hydroxylation is 2. The van der Waals surface area contributed by atoms with E-state index in [0.717, 1.165) is 43.4 Å². The van der Waals surface area contributed by atoms with Crippen LogP contribution in [0, 0.1) is 0 Å². The van der Waals surface area contributed by atoms with E-state index in [1.54, 1.807) is 35.2 Å². The zero-order valence-corrected chi connectivity index (χ0v) is 16.1. The number of fused-ring (bicyclic) bond motifs is 1. The Bertz CT molecular complexity index is 969. The topological polar surface area (TPSA) is 66.5 Å². The summed E-state index contributed by atoms with van der Waals surface area (Å²) in [5.74, 6) is 0.0935. The summed E-state index contributed by atoms with van der Waals surface area (Å²) in [4.78, 5) is 14.2. The van der Waals surface area contributed by atoms with E-state index in [9.17, 15) is 13.2 Å². The average molecular weight is 385 g/mol. The molecule has 1 N–H and O–H groups in total. The van der Waals surface area contributed by atoms with Gasteiger partial charge in [0.15, 0.2) is 0 Å². The molecule has 2 aromatic carbocycles.